The predicted molar refractivity (Wildman–Crippen MR) is 133 cm³/mol. The Bertz CT molecular complexity index is 1290. The predicted octanol–water partition coefficient (Wildman–Crippen LogP) is 4.20. The van der Waals surface area contributed by atoms with Crippen LogP contribution in [-0.2, 0) is 13.5 Å². The molecular weight excluding hydrogens is 428 g/mol. The zero-order chi connectivity index (χ0) is 24.0. The lowest BCUT2D eigenvalue weighted by molar-refractivity contribution is 0.171. The Kier molecular flexibility index (Phi) is 5.54. The van der Waals surface area contributed by atoms with Gasteiger partial charge < -0.3 is 10.5 Å². The van der Waals surface area contributed by atoms with E-state index in [9.17, 15) is 4.79 Å². The van der Waals surface area contributed by atoms with E-state index in [-0.39, 0.29) is 5.56 Å². The van der Waals surface area contributed by atoms with E-state index in [0.717, 1.165) is 36.2 Å². The van der Waals surface area contributed by atoms with Gasteiger partial charge >= 0.3 is 0 Å². The van der Waals surface area contributed by atoms with E-state index in [1.807, 2.05) is 13.8 Å². The van der Waals surface area contributed by atoms with Crippen molar-refractivity contribution in [2.75, 3.05) is 5.73 Å². The maximum Gasteiger partial charge on any atom is 0.266 e. The van der Waals surface area contributed by atoms with Crippen molar-refractivity contribution in [1.29, 1.82) is 0 Å². The number of hydrogen-bond acceptors (Lipinski definition) is 6. The number of benzene rings is 1. The van der Waals surface area contributed by atoms with Gasteiger partial charge in [-0.2, -0.15) is 4.98 Å². The molecule has 3 heterocycles. The SMILES string of the molecule is Cc1nc(N)c2c(n1)OC(C)(C)C(c1ccc(C3CCC(Cc4cc(=O)n(C)[nH]4)CC3)cc1)=N2. The molecule has 34 heavy (non-hydrogen) atoms. The van der Waals surface area contributed by atoms with Gasteiger partial charge in [0, 0.05) is 24.4 Å². The number of nitrogens with two attached hydrogens (primary N) is 1. The van der Waals surface area contributed by atoms with Crippen LogP contribution in [0.25, 0.3) is 0 Å². The van der Waals surface area contributed by atoms with Crippen LogP contribution in [0, 0.1) is 12.8 Å². The molecule has 8 heteroatoms. The number of nitrogens with one attached hydrogen (secondary N) is 1. The molecule has 0 atom stereocenters. The van der Waals surface area contributed by atoms with Crippen molar-refractivity contribution < 1.29 is 4.74 Å². The summed E-state index contributed by atoms with van der Waals surface area (Å²) in [5, 5.41) is 3.16. The molecule has 178 valence electrons. The number of nitrogens with zero attached hydrogens (tertiary/aromatic N) is 4. The number of aryl methyl sites for hydroxylation is 2. The fourth-order valence-corrected chi connectivity index (χ4v) is 5.26. The van der Waals surface area contributed by atoms with Crippen LogP contribution in [0.4, 0.5) is 11.5 Å². The first-order valence-corrected chi connectivity index (χ1v) is 12.0. The molecule has 1 saturated carbocycles. The molecule has 0 unspecified atom stereocenters. The largest absolute Gasteiger partial charge is 0.463 e. The number of ether oxygens (including phenoxy) is 1. The Morgan fingerprint density at radius 3 is 2.50 bits per heavy atom. The van der Waals surface area contributed by atoms with Crippen molar-refractivity contribution >= 4 is 17.2 Å². The average molecular weight is 461 g/mol. The second-order valence-electron chi connectivity index (χ2n) is 10.1. The molecule has 8 nitrogen and oxygen atoms in total. The van der Waals surface area contributed by atoms with Gasteiger partial charge in [0.2, 0.25) is 5.88 Å². The van der Waals surface area contributed by atoms with E-state index in [1.165, 1.54) is 18.4 Å². The molecule has 1 aliphatic heterocycles. The van der Waals surface area contributed by atoms with Gasteiger partial charge in [-0.05, 0) is 70.3 Å². The Labute approximate surface area is 199 Å². The third-order valence-corrected chi connectivity index (χ3v) is 7.09. The molecule has 0 amide bonds. The Balaban J connectivity index is 1.29. The van der Waals surface area contributed by atoms with E-state index in [2.05, 4.69) is 39.3 Å². The molecule has 5 rings (SSSR count). The van der Waals surface area contributed by atoms with Crippen molar-refractivity contribution in [1.82, 2.24) is 19.7 Å². The molecule has 0 spiro atoms. The van der Waals surface area contributed by atoms with Crippen LogP contribution in [0.1, 0.15) is 68.1 Å². The molecule has 1 fully saturated rings. The fourth-order valence-electron chi connectivity index (χ4n) is 5.26. The number of nitrogen functional groups attached to an aromatic ring is 1. The van der Waals surface area contributed by atoms with Gasteiger partial charge in [-0.25, -0.2) is 9.98 Å². The highest BCUT2D eigenvalue weighted by Crippen LogP contribution is 2.40. The summed E-state index contributed by atoms with van der Waals surface area (Å²) in [6.45, 7) is 5.79. The van der Waals surface area contributed by atoms with Crippen molar-refractivity contribution in [2.45, 2.75) is 64.4 Å². The van der Waals surface area contributed by atoms with E-state index < -0.39 is 5.60 Å². The molecule has 3 aromatic rings. The summed E-state index contributed by atoms with van der Waals surface area (Å²) in [5.41, 5.74) is 10.3. The van der Waals surface area contributed by atoms with Crippen molar-refractivity contribution in [3.05, 3.63) is 63.3 Å². The molecule has 0 saturated heterocycles. The summed E-state index contributed by atoms with van der Waals surface area (Å²) in [4.78, 5) is 25.1. The molecule has 2 aliphatic rings. The van der Waals surface area contributed by atoms with Gasteiger partial charge in [-0.1, -0.05) is 24.3 Å². The topological polar surface area (TPSA) is 111 Å². The lowest BCUT2D eigenvalue weighted by Gasteiger charge is -2.32. The van der Waals surface area contributed by atoms with Gasteiger partial charge in [0.1, 0.15) is 11.4 Å². The van der Waals surface area contributed by atoms with Crippen LogP contribution in [0.3, 0.4) is 0 Å². The maximum absolute atomic E-state index is 11.7. The van der Waals surface area contributed by atoms with Crippen LogP contribution in [0.2, 0.25) is 0 Å². The van der Waals surface area contributed by atoms with Gasteiger partial charge in [0.05, 0.1) is 5.71 Å². The Hall–Kier alpha value is -3.42. The number of hydrogen-bond donors (Lipinski definition) is 2. The first-order chi connectivity index (χ1) is 16.2. The second-order valence-corrected chi connectivity index (χ2v) is 10.1. The van der Waals surface area contributed by atoms with Gasteiger partial charge in [-0.15, -0.1) is 0 Å². The number of fused-ring (bicyclic) bond motifs is 1. The lowest BCUT2D eigenvalue weighted by atomic mass is 9.77. The number of aromatic amines is 1. The van der Waals surface area contributed by atoms with Gasteiger partial charge in [-0.3, -0.25) is 14.6 Å². The minimum absolute atomic E-state index is 0.0359. The maximum atomic E-state index is 11.7. The van der Waals surface area contributed by atoms with Crippen LogP contribution in [-0.4, -0.2) is 31.1 Å². The summed E-state index contributed by atoms with van der Waals surface area (Å²) < 4.78 is 7.73. The van der Waals surface area contributed by atoms with Gasteiger partial charge in [0.15, 0.2) is 11.5 Å². The second kappa shape index (κ2) is 8.42. The highest BCUT2D eigenvalue weighted by Gasteiger charge is 2.35. The molecule has 3 N–H and O–H groups in total. The standard InChI is InChI=1S/C26H32N6O2/c1-15-28-24(27)22-25(29-15)34-26(2,3)23(30-22)19-11-9-18(10-12-19)17-7-5-16(6-8-17)13-20-14-21(33)32(4)31-20/h9-12,14,16-17,31H,5-8,13H2,1-4H3,(H2,27,28,29). The number of aromatic nitrogens is 4. The molecule has 1 aliphatic carbocycles. The average Bonchev–Trinajstić information content (AvgIpc) is 3.10. The first-order valence-electron chi connectivity index (χ1n) is 12.0. The van der Waals surface area contributed by atoms with Crippen molar-refractivity contribution in [3.63, 3.8) is 0 Å². The van der Waals surface area contributed by atoms with Crippen LogP contribution < -0.4 is 16.0 Å². The zero-order valence-electron chi connectivity index (χ0n) is 20.3. The van der Waals surface area contributed by atoms with Crippen molar-refractivity contribution in [3.8, 4) is 5.88 Å². The van der Waals surface area contributed by atoms with Crippen LogP contribution in [0.15, 0.2) is 40.1 Å². The van der Waals surface area contributed by atoms with E-state index in [1.54, 1.807) is 24.7 Å². The third-order valence-electron chi connectivity index (χ3n) is 7.09. The number of rotatable bonds is 4. The number of aliphatic imine (C=N–C) groups is 1. The summed E-state index contributed by atoms with van der Waals surface area (Å²) >= 11 is 0. The summed E-state index contributed by atoms with van der Waals surface area (Å²) in [6.07, 6.45) is 5.62. The summed E-state index contributed by atoms with van der Waals surface area (Å²) in [5.74, 6) is 2.53. The summed E-state index contributed by atoms with van der Waals surface area (Å²) in [6, 6.07) is 10.4. The quantitative estimate of drug-likeness (QED) is 0.606. The van der Waals surface area contributed by atoms with Gasteiger partial charge in [0.25, 0.3) is 5.56 Å². The normalized spacial score (nSPS) is 21.5. The van der Waals surface area contributed by atoms with E-state index in [0.29, 0.717) is 35.0 Å². The molecule has 1 aromatic carbocycles. The molecule has 2 aromatic heterocycles. The molecule has 0 radical (unpaired) electrons. The molecule has 0 bridgehead atoms. The minimum atomic E-state index is -0.627. The highest BCUT2D eigenvalue weighted by molar-refractivity contribution is 6.09. The number of anilines is 1. The fraction of sp³-hybridized carbons (Fsp3) is 0.462. The third kappa shape index (κ3) is 4.24. The highest BCUT2D eigenvalue weighted by atomic mass is 16.5. The van der Waals surface area contributed by atoms with Crippen molar-refractivity contribution in [2.24, 2.45) is 18.0 Å². The smallest absolute Gasteiger partial charge is 0.266 e. The zero-order valence-corrected chi connectivity index (χ0v) is 20.3. The Morgan fingerprint density at radius 2 is 1.85 bits per heavy atom. The molecular formula is C26H32N6O2. The van der Waals surface area contributed by atoms with Crippen LogP contribution >= 0.6 is 0 Å². The first kappa shape index (κ1) is 22.4. The monoisotopic (exact) mass is 460 g/mol. The minimum Gasteiger partial charge on any atom is -0.463 e. The lowest BCUT2D eigenvalue weighted by Crippen LogP contribution is -2.41. The Morgan fingerprint density at radius 1 is 1.15 bits per heavy atom. The van der Waals surface area contributed by atoms with E-state index in [4.69, 9.17) is 15.5 Å². The summed E-state index contributed by atoms with van der Waals surface area (Å²) in [7, 11) is 1.76. The number of H-pyrrole nitrogens is 1. The van der Waals surface area contributed by atoms with Crippen LogP contribution in [0.5, 0.6) is 5.88 Å². The van der Waals surface area contributed by atoms with E-state index >= 15 is 0 Å².